The van der Waals surface area contributed by atoms with E-state index in [9.17, 15) is 18.0 Å². The third-order valence-corrected chi connectivity index (χ3v) is 5.89. The van der Waals surface area contributed by atoms with Gasteiger partial charge in [0.25, 0.3) is 0 Å². The Hall–Kier alpha value is -4.06. The Labute approximate surface area is 207 Å². The van der Waals surface area contributed by atoms with E-state index in [1.807, 2.05) is 61.5 Å². The summed E-state index contributed by atoms with van der Waals surface area (Å²) in [5, 5.41) is 1.01. The molecule has 0 radical (unpaired) electrons. The average molecular weight is 490 g/mol. The van der Waals surface area contributed by atoms with Crippen molar-refractivity contribution < 1.29 is 22.7 Å². The first kappa shape index (κ1) is 25.0. The van der Waals surface area contributed by atoms with Crippen LogP contribution in [0.2, 0.25) is 0 Å². The van der Waals surface area contributed by atoms with E-state index in [4.69, 9.17) is 4.74 Å². The van der Waals surface area contributed by atoms with Crippen LogP contribution < -0.4 is 0 Å². The van der Waals surface area contributed by atoms with Crippen molar-refractivity contribution in [2.75, 3.05) is 6.61 Å². The molecule has 0 spiro atoms. The normalized spacial score (nSPS) is 12.7. The zero-order valence-corrected chi connectivity index (χ0v) is 20.0. The Morgan fingerprint density at radius 1 is 0.917 bits per heavy atom. The quantitative estimate of drug-likeness (QED) is 0.162. The third-order valence-electron chi connectivity index (χ3n) is 5.89. The van der Waals surface area contributed by atoms with Crippen molar-refractivity contribution in [3.8, 4) is 0 Å². The number of aromatic nitrogens is 1. The summed E-state index contributed by atoms with van der Waals surface area (Å²) in [7, 11) is 0. The smallest absolute Gasteiger partial charge is 0.416 e. The molecule has 4 aromatic rings. The zero-order chi connectivity index (χ0) is 25.7. The van der Waals surface area contributed by atoms with Crippen LogP contribution in [0, 0.1) is 0 Å². The van der Waals surface area contributed by atoms with Gasteiger partial charge >= 0.3 is 12.1 Å². The molecule has 0 aliphatic heterocycles. The average Bonchev–Trinajstić information content (AvgIpc) is 3.30. The number of halogens is 3. The van der Waals surface area contributed by atoms with Gasteiger partial charge in [-0.3, -0.25) is 0 Å². The SMILES string of the molecule is CCOC(=O)/C=C/c1ccc(/C(=C(/CC)c2cccc(C(F)(F)F)c2)c2cc3ccccc3[nH]2)cc1. The molecular formula is C30H26F3NO2. The number of esters is 1. The van der Waals surface area contributed by atoms with E-state index < -0.39 is 17.7 Å². The minimum absolute atomic E-state index is 0.302. The standard InChI is InChI=1S/C30H26F3NO2/c1-3-25(22-9-7-10-24(18-22)30(31,32)33)29(27-19-23-8-5-6-11-26(23)34-27)21-15-12-20(13-16-21)14-17-28(35)36-4-2/h5-19,34H,3-4H2,1-2H3/b17-14+,29-25+. The Balaban J connectivity index is 1.86. The summed E-state index contributed by atoms with van der Waals surface area (Å²) in [6, 6.07) is 22.9. The maximum absolute atomic E-state index is 13.5. The van der Waals surface area contributed by atoms with E-state index in [0.717, 1.165) is 44.9 Å². The number of carbonyl (C=O) groups is 1. The molecule has 0 bridgehead atoms. The molecule has 0 saturated carbocycles. The number of benzene rings is 3. The van der Waals surface area contributed by atoms with Crippen LogP contribution in [0.3, 0.4) is 0 Å². The summed E-state index contributed by atoms with van der Waals surface area (Å²) in [6.07, 6.45) is -0.867. The Bertz CT molecular complexity index is 1390. The van der Waals surface area contributed by atoms with Crippen LogP contribution >= 0.6 is 0 Å². The second-order valence-electron chi connectivity index (χ2n) is 8.26. The molecule has 0 aliphatic carbocycles. The van der Waals surface area contributed by atoms with Crippen LogP contribution in [0.15, 0.2) is 84.9 Å². The van der Waals surface area contributed by atoms with E-state index in [0.29, 0.717) is 18.6 Å². The minimum Gasteiger partial charge on any atom is -0.463 e. The molecule has 0 unspecified atom stereocenters. The third kappa shape index (κ3) is 5.60. The Kier molecular flexibility index (Phi) is 7.44. The molecule has 36 heavy (non-hydrogen) atoms. The number of hydrogen-bond acceptors (Lipinski definition) is 2. The molecule has 3 nitrogen and oxygen atoms in total. The van der Waals surface area contributed by atoms with Gasteiger partial charge in [-0.25, -0.2) is 4.79 Å². The fraction of sp³-hybridized carbons (Fsp3) is 0.167. The molecule has 0 fully saturated rings. The monoisotopic (exact) mass is 489 g/mol. The summed E-state index contributed by atoms with van der Waals surface area (Å²) in [6.45, 7) is 3.99. The number of rotatable bonds is 7. The number of carbonyl (C=O) groups excluding carboxylic acids is 1. The number of fused-ring (bicyclic) bond motifs is 1. The number of allylic oxidation sites excluding steroid dienone is 1. The molecule has 1 N–H and O–H groups in total. The molecule has 6 heteroatoms. The molecule has 0 amide bonds. The molecule has 0 atom stereocenters. The highest BCUT2D eigenvalue weighted by molar-refractivity contribution is 6.00. The second kappa shape index (κ2) is 10.7. The van der Waals surface area contributed by atoms with E-state index >= 15 is 0 Å². The van der Waals surface area contributed by atoms with Gasteiger partial charge in [-0.2, -0.15) is 13.2 Å². The fourth-order valence-electron chi connectivity index (χ4n) is 4.22. The summed E-state index contributed by atoms with van der Waals surface area (Å²) in [5.41, 5.74) is 4.88. The lowest BCUT2D eigenvalue weighted by Crippen LogP contribution is -2.05. The largest absolute Gasteiger partial charge is 0.463 e. The number of hydrogen-bond donors (Lipinski definition) is 1. The first-order valence-electron chi connectivity index (χ1n) is 11.7. The molecule has 3 aromatic carbocycles. The fourth-order valence-corrected chi connectivity index (χ4v) is 4.22. The molecule has 4 rings (SSSR count). The summed E-state index contributed by atoms with van der Waals surface area (Å²) >= 11 is 0. The highest BCUT2D eigenvalue weighted by Crippen LogP contribution is 2.37. The van der Waals surface area contributed by atoms with Crippen molar-refractivity contribution in [3.05, 3.63) is 113 Å². The number of nitrogens with one attached hydrogen (secondary N) is 1. The van der Waals surface area contributed by atoms with Crippen molar-refractivity contribution in [1.29, 1.82) is 0 Å². The van der Waals surface area contributed by atoms with Gasteiger partial charge in [-0.15, -0.1) is 0 Å². The van der Waals surface area contributed by atoms with Crippen molar-refractivity contribution >= 4 is 34.1 Å². The minimum atomic E-state index is -4.43. The molecule has 1 aromatic heterocycles. The molecule has 0 saturated heterocycles. The first-order valence-corrected chi connectivity index (χ1v) is 11.7. The van der Waals surface area contributed by atoms with Gasteiger partial charge in [0, 0.05) is 28.2 Å². The lowest BCUT2D eigenvalue weighted by molar-refractivity contribution is -0.138. The lowest BCUT2D eigenvalue weighted by atomic mass is 9.89. The van der Waals surface area contributed by atoms with E-state index in [-0.39, 0.29) is 0 Å². The maximum atomic E-state index is 13.5. The van der Waals surface area contributed by atoms with Gasteiger partial charge in [-0.1, -0.05) is 61.5 Å². The topological polar surface area (TPSA) is 42.1 Å². The van der Waals surface area contributed by atoms with Crippen molar-refractivity contribution in [1.82, 2.24) is 4.98 Å². The molecular weight excluding hydrogens is 463 g/mol. The van der Waals surface area contributed by atoms with Crippen LogP contribution in [-0.2, 0) is 15.7 Å². The number of alkyl halides is 3. The van der Waals surface area contributed by atoms with E-state index in [1.165, 1.54) is 18.2 Å². The highest BCUT2D eigenvalue weighted by Gasteiger charge is 2.30. The van der Waals surface area contributed by atoms with Crippen LogP contribution in [0.4, 0.5) is 13.2 Å². The van der Waals surface area contributed by atoms with Gasteiger partial charge in [0.1, 0.15) is 0 Å². The number of ether oxygens (including phenoxy) is 1. The first-order chi connectivity index (χ1) is 17.3. The molecule has 1 heterocycles. The van der Waals surface area contributed by atoms with Gasteiger partial charge < -0.3 is 9.72 Å². The van der Waals surface area contributed by atoms with Crippen LogP contribution in [0.1, 0.15) is 48.2 Å². The van der Waals surface area contributed by atoms with Gasteiger partial charge in [-0.05, 0) is 65.9 Å². The lowest BCUT2D eigenvalue weighted by Gasteiger charge is -2.16. The summed E-state index contributed by atoms with van der Waals surface area (Å²) in [4.78, 5) is 15.1. The number of para-hydroxylation sites is 1. The van der Waals surface area contributed by atoms with Crippen LogP contribution in [-0.4, -0.2) is 17.6 Å². The van der Waals surface area contributed by atoms with Gasteiger partial charge in [0.2, 0.25) is 0 Å². The number of aromatic amines is 1. The van der Waals surface area contributed by atoms with Gasteiger partial charge in [0.15, 0.2) is 0 Å². The summed E-state index contributed by atoms with van der Waals surface area (Å²) in [5.74, 6) is -0.418. The second-order valence-corrected chi connectivity index (χ2v) is 8.26. The number of H-pyrrole nitrogens is 1. The maximum Gasteiger partial charge on any atom is 0.416 e. The van der Waals surface area contributed by atoms with Crippen molar-refractivity contribution in [2.45, 2.75) is 26.4 Å². The van der Waals surface area contributed by atoms with Crippen LogP contribution in [0.5, 0.6) is 0 Å². The van der Waals surface area contributed by atoms with Crippen LogP contribution in [0.25, 0.3) is 28.1 Å². The predicted octanol–water partition coefficient (Wildman–Crippen LogP) is 8.13. The van der Waals surface area contributed by atoms with E-state index in [1.54, 1.807) is 19.1 Å². The van der Waals surface area contributed by atoms with Crippen molar-refractivity contribution in [3.63, 3.8) is 0 Å². The predicted molar refractivity (Wildman–Crippen MR) is 138 cm³/mol. The van der Waals surface area contributed by atoms with E-state index in [2.05, 4.69) is 4.98 Å². The Morgan fingerprint density at radius 3 is 2.33 bits per heavy atom. The highest BCUT2D eigenvalue weighted by atomic mass is 19.4. The zero-order valence-electron chi connectivity index (χ0n) is 20.0. The molecule has 184 valence electrons. The van der Waals surface area contributed by atoms with Crippen molar-refractivity contribution in [2.24, 2.45) is 0 Å². The summed E-state index contributed by atoms with van der Waals surface area (Å²) < 4.78 is 45.4. The molecule has 0 aliphatic rings. The van der Waals surface area contributed by atoms with Gasteiger partial charge in [0.05, 0.1) is 12.2 Å². The Morgan fingerprint density at radius 2 is 1.67 bits per heavy atom.